The highest BCUT2D eigenvalue weighted by Gasteiger charge is 2.39. The molecule has 0 bridgehead atoms. The molecule has 0 saturated carbocycles. The molecule has 0 aromatic carbocycles. The molecule has 16 heavy (non-hydrogen) atoms. The van der Waals surface area contributed by atoms with Gasteiger partial charge in [0.25, 0.3) is 0 Å². The Kier molecular flexibility index (Phi) is 4.93. The number of hydrogen-bond donors (Lipinski definition) is 2. The average molecular weight is 230 g/mol. The summed E-state index contributed by atoms with van der Waals surface area (Å²) < 4.78 is 0. The molecule has 0 aromatic rings. The Morgan fingerprint density at radius 2 is 1.81 bits per heavy atom. The van der Waals surface area contributed by atoms with Gasteiger partial charge in [0, 0.05) is 6.54 Å². The topological polar surface area (TPSA) is 83.6 Å². The highest BCUT2D eigenvalue weighted by atomic mass is 16.4. The first-order valence-electron chi connectivity index (χ1n) is 5.46. The second kappa shape index (κ2) is 5.30. The fraction of sp³-hybridized carbons (Fsp3) is 0.818. The summed E-state index contributed by atoms with van der Waals surface area (Å²) in [7, 11) is 0. The number of carbonyl (C=O) groups excluding carboxylic acids is 1. The molecule has 0 spiro atoms. The van der Waals surface area contributed by atoms with Gasteiger partial charge in [0.1, 0.15) is 5.54 Å². The number of nitrogens with zero attached hydrogens (tertiary/aromatic N) is 1. The number of aliphatic carboxylic acids is 1. The predicted molar refractivity (Wildman–Crippen MR) is 61.9 cm³/mol. The molecule has 0 fully saturated rings. The third kappa shape index (κ3) is 2.95. The molecule has 1 unspecified atom stereocenters. The summed E-state index contributed by atoms with van der Waals surface area (Å²) in [6, 6.07) is -0.654. The zero-order valence-electron chi connectivity index (χ0n) is 10.7. The molecule has 0 aliphatic rings. The summed E-state index contributed by atoms with van der Waals surface area (Å²) in [5.74, 6) is -1.35. The molecule has 0 aliphatic heterocycles. The molecule has 0 aromatic heterocycles. The lowest BCUT2D eigenvalue weighted by Gasteiger charge is -2.36. The van der Waals surface area contributed by atoms with Crippen molar-refractivity contribution >= 4 is 11.9 Å². The predicted octanol–water partition coefficient (Wildman–Crippen LogP) is 0.681. The van der Waals surface area contributed by atoms with Gasteiger partial charge in [0.15, 0.2) is 0 Å². The Bertz CT molecular complexity index is 274. The second-order valence-electron chi connectivity index (χ2n) is 4.72. The molecule has 0 saturated heterocycles. The lowest BCUT2D eigenvalue weighted by molar-refractivity contribution is -0.157. The van der Waals surface area contributed by atoms with E-state index in [0.29, 0.717) is 6.54 Å². The highest BCUT2D eigenvalue weighted by molar-refractivity contribution is 5.89. The van der Waals surface area contributed by atoms with Crippen molar-refractivity contribution in [3.05, 3.63) is 0 Å². The molecule has 1 amide bonds. The largest absolute Gasteiger partial charge is 0.480 e. The van der Waals surface area contributed by atoms with Gasteiger partial charge in [-0.3, -0.25) is 4.79 Å². The minimum atomic E-state index is -1.22. The van der Waals surface area contributed by atoms with Crippen molar-refractivity contribution < 1.29 is 14.7 Å². The van der Waals surface area contributed by atoms with Crippen LogP contribution < -0.4 is 5.73 Å². The van der Waals surface area contributed by atoms with E-state index in [9.17, 15) is 9.59 Å². The molecule has 0 heterocycles. The Labute approximate surface area is 96.6 Å². The minimum absolute atomic E-state index is 0.00820. The van der Waals surface area contributed by atoms with Crippen LogP contribution in [-0.4, -0.2) is 40.0 Å². The van der Waals surface area contributed by atoms with Crippen molar-refractivity contribution in [1.82, 2.24) is 4.90 Å². The van der Waals surface area contributed by atoms with E-state index in [2.05, 4.69) is 0 Å². The Balaban J connectivity index is 5.01. The zero-order valence-corrected chi connectivity index (χ0v) is 10.7. The van der Waals surface area contributed by atoms with Crippen molar-refractivity contribution in [3.8, 4) is 0 Å². The van der Waals surface area contributed by atoms with Gasteiger partial charge in [0.05, 0.1) is 6.04 Å². The van der Waals surface area contributed by atoms with Crippen LogP contribution in [0.15, 0.2) is 0 Å². The van der Waals surface area contributed by atoms with Crippen LogP contribution in [0.25, 0.3) is 0 Å². The molecule has 3 N–H and O–H groups in total. The van der Waals surface area contributed by atoms with E-state index in [-0.39, 0.29) is 11.8 Å². The summed E-state index contributed by atoms with van der Waals surface area (Å²) in [5, 5.41) is 9.08. The zero-order chi connectivity index (χ0) is 13.1. The first kappa shape index (κ1) is 14.9. The van der Waals surface area contributed by atoms with E-state index in [0.717, 1.165) is 0 Å². The molecule has 94 valence electrons. The van der Waals surface area contributed by atoms with E-state index < -0.39 is 17.6 Å². The summed E-state index contributed by atoms with van der Waals surface area (Å²) in [4.78, 5) is 24.4. The fourth-order valence-corrected chi connectivity index (χ4v) is 1.41. The quantitative estimate of drug-likeness (QED) is 0.727. The van der Waals surface area contributed by atoms with Gasteiger partial charge in [-0.1, -0.05) is 13.8 Å². The first-order valence-corrected chi connectivity index (χ1v) is 5.46. The number of carbonyl (C=O) groups is 2. The molecular formula is C11H22N2O3. The number of hydrogen-bond acceptors (Lipinski definition) is 3. The van der Waals surface area contributed by atoms with Crippen LogP contribution in [0.3, 0.4) is 0 Å². The van der Waals surface area contributed by atoms with Crippen molar-refractivity contribution in [2.75, 3.05) is 6.54 Å². The molecule has 1 atom stereocenters. The maximum Gasteiger partial charge on any atom is 0.329 e. The van der Waals surface area contributed by atoms with Gasteiger partial charge < -0.3 is 15.7 Å². The van der Waals surface area contributed by atoms with Crippen LogP contribution in [0.2, 0.25) is 0 Å². The standard InChI is InChI=1S/C11H22N2O3/c1-6-13(11(4,5)10(15)16)9(14)8(12)7(2)3/h7-8H,6,12H2,1-5H3,(H,15,16). The number of carboxylic acid groups (broad SMARTS) is 1. The molecule has 0 aliphatic carbocycles. The van der Waals surface area contributed by atoms with Crippen molar-refractivity contribution in [1.29, 1.82) is 0 Å². The number of nitrogens with two attached hydrogens (primary N) is 1. The number of likely N-dealkylation sites (N-methyl/N-ethyl adjacent to an activating group) is 1. The average Bonchev–Trinajstić information content (AvgIpc) is 2.16. The lowest BCUT2D eigenvalue weighted by atomic mass is 9.98. The van der Waals surface area contributed by atoms with Crippen LogP contribution in [0, 0.1) is 5.92 Å². The van der Waals surface area contributed by atoms with Crippen LogP contribution in [0.1, 0.15) is 34.6 Å². The van der Waals surface area contributed by atoms with Gasteiger partial charge in [-0.05, 0) is 26.7 Å². The molecule has 5 nitrogen and oxygen atoms in total. The van der Waals surface area contributed by atoms with Gasteiger partial charge in [-0.25, -0.2) is 4.79 Å². The summed E-state index contributed by atoms with van der Waals surface area (Å²) in [5.41, 5.74) is 4.53. The Hall–Kier alpha value is -1.10. The highest BCUT2D eigenvalue weighted by Crippen LogP contribution is 2.17. The van der Waals surface area contributed by atoms with Gasteiger partial charge in [-0.15, -0.1) is 0 Å². The van der Waals surface area contributed by atoms with Crippen LogP contribution in [-0.2, 0) is 9.59 Å². The van der Waals surface area contributed by atoms with Gasteiger partial charge in [-0.2, -0.15) is 0 Å². The third-order valence-electron chi connectivity index (χ3n) is 2.78. The SMILES string of the molecule is CCN(C(=O)C(N)C(C)C)C(C)(C)C(=O)O. The maximum atomic E-state index is 12.0. The van der Waals surface area contributed by atoms with Gasteiger partial charge in [0.2, 0.25) is 5.91 Å². The van der Waals surface area contributed by atoms with Crippen molar-refractivity contribution in [2.45, 2.75) is 46.2 Å². The molecule has 5 heteroatoms. The van der Waals surface area contributed by atoms with Crippen molar-refractivity contribution in [2.24, 2.45) is 11.7 Å². The Morgan fingerprint density at radius 3 is 2.06 bits per heavy atom. The van der Waals surface area contributed by atoms with E-state index in [1.54, 1.807) is 6.92 Å². The van der Waals surface area contributed by atoms with E-state index in [4.69, 9.17) is 10.8 Å². The van der Waals surface area contributed by atoms with Crippen molar-refractivity contribution in [3.63, 3.8) is 0 Å². The number of carboxylic acids is 1. The van der Waals surface area contributed by atoms with Crippen LogP contribution in [0.4, 0.5) is 0 Å². The van der Waals surface area contributed by atoms with E-state index >= 15 is 0 Å². The van der Waals surface area contributed by atoms with Gasteiger partial charge >= 0.3 is 5.97 Å². The van der Waals surface area contributed by atoms with E-state index in [1.165, 1.54) is 18.7 Å². The fourth-order valence-electron chi connectivity index (χ4n) is 1.41. The monoisotopic (exact) mass is 230 g/mol. The lowest BCUT2D eigenvalue weighted by Crippen LogP contribution is -2.58. The summed E-state index contributed by atoms with van der Waals surface area (Å²) in [6.45, 7) is 8.76. The molecule has 0 radical (unpaired) electrons. The smallest absolute Gasteiger partial charge is 0.329 e. The third-order valence-corrected chi connectivity index (χ3v) is 2.78. The Morgan fingerprint density at radius 1 is 1.38 bits per heavy atom. The number of rotatable bonds is 5. The summed E-state index contributed by atoms with van der Waals surface area (Å²) in [6.07, 6.45) is 0. The maximum absolute atomic E-state index is 12.0. The number of amides is 1. The molecule has 0 rings (SSSR count). The second-order valence-corrected chi connectivity index (χ2v) is 4.72. The van der Waals surface area contributed by atoms with E-state index in [1.807, 2.05) is 13.8 Å². The van der Waals surface area contributed by atoms with Crippen LogP contribution >= 0.6 is 0 Å². The normalized spacial score (nSPS) is 13.7. The van der Waals surface area contributed by atoms with Crippen LogP contribution in [0.5, 0.6) is 0 Å². The first-order chi connectivity index (χ1) is 7.16. The minimum Gasteiger partial charge on any atom is -0.480 e. The summed E-state index contributed by atoms with van der Waals surface area (Å²) >= 11 is 0. The molecular weight excluding hydrogens is 208 g/mol.